The molecule has 2 aliphatic heterocycles. The number of hydrogen-bond donors (Lipinski definition) is 0. The molecule has 0 saturated carbocycles. The molecule has 1 nitrogen and oxygen atoms in total. The molecule has 0 bridgehead atoms. The largest absolute Gasteiger partial charge is 0.279 e. The Labute approximate surface area is 186 Å². The molecule has 0 amide bonds. The van der Waals surface area contributed by atoms with Gasteiger partial charge in [-0.3, -0.25) is 4.67 Å². The van der Waals surface area contributed by atoms with Crippen molar-refractivity contribution in [2.75, 3.05) is 19.8 Å². The Balaban J connectivity index is 1.82. The number of rotatable bonds is 4. The number of nitrogens with zero attached hydrogens (tertiary/aromatic N) is 1. The first-order valence-electron chi connectivity index (χ1n) is 11.4. The van der Waals surface area contributed by atoms with Gasteiger partial charge in [0.25, 0.3) is 0 Å². The molecule has 3 aromatic carbocycles. The maximum absolute atomic E-state index is 2.83. The summed E-state index contributed by atoms with van der Waals surface area (Å²) in [5.41, 5.74) is 5.32. The quantitative estimate of drug-likeness (QED) is 0.395. The van der Waals surface area contributed by atoms with Crippen molar-refractivity contribution >= 4 is 23.2 Å². The van der Waals surface area contributed by atoms with Crippen LogP contribution in [0.4, 0.5) is 0 Å². The van der Waals surface area contributed by atoms with E-state index in [-0.39, 0.29) is 0 Å². The Bertz CT molecular complexity index is 1150. The van der Waals surface area contributed by atoms with E-state index in [9.17, 15) is 0 Å². The average molecular weight is 424 g/mol. The predicted molar refractivity (Wildman–Crippen MR) is 138 cm³/mol. The topological polar surface area (TPSA) is 3.24 Å². The van der Waals surface area contributed by atoms with Gasteiger partial charge in [-0.1, -0.05) is 97.4 Å². The van der Waals surface area contributed by atoms with Gasteiger partial charge in [0.15, 0.2) is 0 Å². The summed E-state index contributed by atoms with van der Waals surface area (Å²) < 4.78 is 2.83. The molecule has 0 N–H and O–H groups in total. The molecule has 1 atom stereocenters. The van der Waals surface area contributed by atoms with Crippen LogP contribution in [0.15, 0.2) is 103 Å². The smallest absolute Gasteiger partial charge is 0.00232 e. The fourth-order valence-corrected chi connectivity index (χ4v) is 9.02. The molecule has 2 heteroatoms. The molecule has 2 heterocycles. The Hall–Kier alpha value is -2.60. The number of piperidine rings is 1. The first kappa shape index (κ1) is 20.3. The summed E-state index contributed by atoms with van der Waals surface area (Å²) in [4.78, 5) is 0. The highest BCUT2D eigenvalue weighted by Crippen LogP contribution is 2.64. The van der Waals surface area contributed by atoms with E-state index in [1.54, 1.807) is 0 Å². The van der Waals surface area contributed by atoms with E-state index in [0.717, 1.165) is 0 Å². The van der Waals surface area contributed by atoms with Crippen LogP contribution >= 0.6 is 7.04 Å². The summed E-state index contributed by atoms with van der Waals surface area (Å²) in [6, 6.07) is 33.0. The summed E-state index contributed by atoms with van der Waals surface area (Å²) in [6.45, 7) is 4.94. The minimum atomic E-state index is -1.73. The molecule has 0 aliphatic carbocycles. The SMILES string of the molecule is CP1(N2CCCCC2)=C(c2ccccc2)C=C(c2ccccc2)C=C1c1ccccc1. The van der Waals surface area contributed by atoms with Gasteiger partial charge < -0.3 is 0 Å². The van der Waals surface area contributed by atoms with Crippen LogP contribution in [-0.4, -0.2) is 29.7 Å². The summed E-state index contributed by atoms with van der Waals surface area (Å²) in [7, 11) is -1.73. The highest BCUT2D eigenvalue weighted by Gasteiger charge is 2.33. The van der Waals surface area contributed by atoms with Crippen molar-refractivity contribution in [1.82, 2.24) is 4.67 Å². The van der Waals surface area contributed by atoms with Gasteiger partial charge in [0.2, 0.25) is 0 Å². The van der Waals surface area contributed by atoms with E-state index in [2.05, 4.69) is 114 Å². The van der Waals surface area contributed by atoms with Crippen molar-refractivity contribution in [3.8, 4) is 0 Å². The zero-order chi connectivity index (χ0) is 21.1. The van der Waals surface area contributed by atoms with E-state index in [1.165, 1.54) is 65.2 Å². The van der Waals surface area contributed by atoms with E-state index in [4.69, 9.17) is 0 Å². The van der Waals surface area contributed by atoms with Crippen LogP contribution in [0.1, 0.15) is 36.0 Å². The Kier molecular flexibility index (Phi) is 5.81. The van der Waals surface area contributed by atoms with Crippen molar-refractivity contribution in [1.29, 1.82) is 0 Å². The van der Waals surface area contributed by atoms with Crippen molar-refractivity contribution in [3.05, 3.63) is 120 Å². The van der Waals surface area contributed by atoms with E-state index in [1.807, 2.05) is 0 Å². The molecule has 1 saturated heterocycles. The first-order valence-corrected chi connectivity index (χ1v) is 13.6. The van der Waals surface area contributed by atoms with Crippen molar-refractivity contribution < 1.29 is 0 Å². The van der Waals surface area contributed by atoms with Crippen LogP contribution in [0.2, 0.25) is 0 Å². The lowest BCUT2D eigenvalue weighted by atomic mass is 10.0. The van der Waals surface area contributed by atoms with Crippen LogP contribution in [-0.2, 0) is 0 Å². The molecule has 0 aromatic heterocycles. The fraction of sp³-hybridized carbons (Fsp3) is 0.207. The van der Waals surface area contributed by atoms with Crippen LogP contribution < -0.4 is 0 Å². The second-order valence-corrected chi connectivity index (χ2v) is 12.0. The molecular weight excluding hydrogens is 393 g/mol. The van der Waals surface area contributed by atoms with Gasteiger partial charge in [0.1, 0.15) is 0 Å². The lowest BCUT2D eigenvalue weighted by molar-refractivity contribution is 0.371. The van der Waals surface area contributed by atoms with Crippen LogP contribution in [0, 0.1) is 0 Å². The van der Waals surface area contributed by atoms with E-state index in [0.29, 0.717) is 0 Å². The second-order valence-electron chi connectivity index (χ2n) is 8.59. The van der Waals surface area contributed by atoms with Gasteiger partial charge in [-0.15, -0.1) is 0 Å². The van der Waals surface area contributed by atoms with Gasteiger partial charge in [-0.2, -0.15) is 0 Å². The lowest BCUT2D eigenvalue weighted by Crippen LogP contribution is -2.30. The Morgan fingerprint density at radius 2 is 1.10 bits per heavy atom. The van der Waals surface area contributed by atoms with E-state index >= 15 is 0 Å². The monoisotopic (exact) mass is 423 g/mol. The van der Waals surface area contributed by atoms with E-state index < -0.39 is 7.04 Å². The normalized spacial score (nSPS) is 22.0. The molecule has 1 fully saturated rings. The zero-order valence-electron chi connectivity index (χ0n) is 18.2. The molecule has 156 valence electrons. The minimum absolute atomic E-state index is 1.19. The summed E-state index contributed by atoms with van der Waals surface area (Å²) >= 11 is 0. The third-order valence-corrected chi connectivity index (χ3v) is 10.8. The van der Waals surface area contributed by atoms with Crippen LogP contribution in [0.3, 0.4) is 0 Å². The molecule has 1 unspecified atom stereocenters. The van der Waals surface area contributed by atoms with Crippen molar-refractivity contribution in [2.24, 2.45) is 0 Å². The minimum Gasteiger partial charge on any atom is -0.279 e. The van der Waals surface area contributed by atoms with Gasteiger partial charge in [-0.05, 0) is 71.6 Å². The molecular formula is C29H30NP. The first-order chi connectivity index (χ1) is 15.3. The zero-order valence-corrected chi connectivity index (χ0v) is 19.1. The predicted octanol–water partition coefficient (Wildman–Crippen LogP) is 7.39. The van der Waals surface area contributed by atoms with Crippen molar-refractivity contribution in [2.45, 2.75) is 19.3 Å². The van der Waals surface area contributed by atoms with Gasteiger partial charge in [-0.25, -0.2) is 0 Å². The van der Waals surface area contributed by atoms with Gasteiger partial charge >= 0.3 is 0 Å². The standard InChI is InChI=1S/C29H30NP/c1-31(30-20-12-5-13-21-30)28(25-16-8-3-9-17-25)22-27(24-14-6-2-7-15-24)23-29(31)26-18-10-4-11-19-26/h2-4,6-11,14-19,22-23H,5,12-13,20-21H2,1H3. The van der Waals surface area contributed by atoms with Gasteiger partial charge in [0.05, 0.1) is 0 Å². The molecule has 5 rings (SSSR count). The highest BCUT2D eigenvalue weighted by molar-refractivity contribution is 7.83. The van der Waals surface area contributed by atoms with Crippen LogP contribution in [0.25, 0.3) is 10.9 Å². The molecule has 2 aliphatic rings. The maximum atomic E-state index is 2.83. The van der Waals surface area contributed by atoms with Crippen LogP contribution in [0.5, 0.6) is 0 Å². The number of benzene rings is 3. The number of hydrogen-bond acceptors (Lipinski definition) is 1. The van der Waals surface area contributed by atoms with Gasteiger partial charge in [0, 0.05) is 13.1 Å². The number of allylic oxidation sites excluding steroid dienone is 3. The third kappa shape index (κ3) is 3.89. The summed E-state index contributed by atoms with van der Waals surface area (Å²) in [5.74, 6) is 0. The Morgan fingerprint density at radius 1 is 0.581 bits per heavy atom. The lowest BCUT2D eigenvalue weighted by Gasteiger charge is -2.43. The third-order valence-electron chi connectivity index (χ3n) is 6.67. The van der Waals surface area contributed by atoms with Crippen molar-refractivity contribution in [3.63, 3.8) is 0 Å². The highest BCUT2D eigenvalue weighted by atomic mass is 31.2. The maximum Gasteiger partial charge on any atom is 0.00232 e. The molecule has 31 heavy (non-hydrogen) atoms. The second kappa shape index (κ2) is 8.87. The fourth-order valence-electron chi connectivity index (χ4n) is 4.98. The molecule has 3 aromatic rings. The average Bonchev–Trinajstić information content (AvgIpc) is 2.86. The summed E-state index contributed by atoms with van der Waals surface area (Å²) in [6.07, 6.45) is 8.93. The summed E-state index contributed by atoms with van der Waals surface area (Å²) in [5, 5.41) is 3.02. The Morgan fingerprint density at radius 3 is 1.68 bits per heavy atom. The molecule has 0 spiro atoms. The molecule has 0 radical (unpaired) electrons.